The molecule has 0 bridgehead atoms. The molecule has 49 heavy (non-hydrogen) atoms. The van der Waals surface area contributed by atoms with Gasteiger partial charge in [-0.1, -0.05) is 121 Å². The number of furan rings is 1. The molecule has 4 aromatic carbocycles. The predicted octanol–water partition coefficient (Wildman–Crippen LogP) is 7.35. The van der Waals surface area contributed by atoms with Gasteiger partial charge in [0.1, 0.15) is 30.2 Å². The molecule has 6 rings (SSSR count). The van der Waals surface area contributed by atoms with Crippen LogP contribution in [0.5, 0.6) is 0 Å². The summed E-state index contributed by atoms with van der Waals surface area (Å²) in [4.78, 5) is 12.2. The van der Waals surface area contributed by atoms with E-state index in [1.807, 2.05) is 121 Å². The fourth-order valence-electron chi connectivity index (χ4n) is 5.95. The lowest BCUT2D eigenvalue weighted by molar-refractivity contribution is -0.272. The van der Waals surface area contributed by atoms with Crippen molar-refractivity contribution in [1.82, 2.24) is 0 Å². The Morgan fingerprint density at radius 2 is 1.00 bits per heavy atom. The summed E-state index contributed by atoms with van der Waals surface area (Å²) >= 11 is 0. The van der Waals surface area contributed by atoms with Crippen LogP contribution in [0.2, 0.25) is 0 Å². The predicted molar refractivity (Wildman–Crippen MR) is 184 cm³/mol. The zero-order valence-electron chi connectivity index (χ0n) is 27.6. The van der Waals surface area contributed by atoms with Crippen molar-refractivity contribution in [2.24, 2.45) is 0 Å². The monoisotopic (exact) mass is 662 g/mol. The number of rotatable bonds is 16. The number of hydrogen-bond acceptors (Lipinski definition) is 8. The van der Waals surface area contributed by atoms with E-state index in [2.05, 4.69) is 0 Å². The number of ether oxygens (including phenoxy) is 6. The van der Waals surface area contributed by atoms with Gasteiger partial charge in [0, 0.05) is 6.42 Å². The van der Waals surface area contributed by atoms with Crippen LogP contribution in [0.3, 0.4) is 0 Å². The molecule has 1 aromatic heterocycles. The van der Waals surface area contributed by atoms with E-state index in [-0.39, 0.29) is 12.4 Å². The highest BCUT2D eigenvalue weighted by molar-refractivity contribution is 5.86. The second-order valence-corrected chi connectivity index (χ2v) is 12.0. The SMILES string of the molecule is COC(=O)c1ccc(C[C@@H]2O[C@H](COCc3ccccc3)[C@@H](OCc3ccccc3)[C@H](OCc3ccccc3)[C@H]2OCc2ccccc2)o1. The van der Waals surface area contributed by atoms with Crippen LogP contribution in [0.4, 0.5) is 0 Å². The maximum Gasteiger partial charge on any atom is 0.373 e. The molecular weight excluding hydrogens is 620 g/mol. The van der Waals surface area contributed by atoms with Gasteiger partial charge in [-0.3, -0.25) is 0 Å². The van der Waals surface area contributed by atoms with Crippen molar-refractivity contribution in [3.63, 3.8) is 0 Å². The molecule has 1 aliphatic heterocycles. The minimum Gasteiger partial charge on any atom is -0.463 e. The van der Waals surface area contributed by atoms with E-state index >= 15 is 0 Å². The zero-order valence-corrected chi connectivity index (χ0v) is 27.6. The highest BCUT2D eigenvalue weighted by Gasteiger charge is 2.48. The Hall–Kier alpha value is -4.57. The van der Waals surface area contributed by atoms with E-state index in [0.717, 1.165) is 22.3 Å². The summed E-state index contributed by atoms with van der Waals surface area (Å²) in [5.74, 6) is 0.144. The standard InChI is InChI=1S/C41H42O8/c1-43-41(42)35-23-22-34(48-35)24-36-38(45-26-31-16-8-3-9-17-31)40(47-28-33-20-12-5-13-21-33)39(46-27-32-18-10-4-11-19-32)37(49-36)29-44-25-30-14-6-2-7-15-30/h2-23,36-40H,24-29H2,1H3/t36-,37+,38-,39+,40+/m0/s1. The summed E-state index contributed by atoms with van der Waals surface area (Å²) in [6, 6.07) is 43.5. The molecule has 0 amide bonds. The van der Waals surface area contributed by atoms with E-state index in [0.29, 0.717) is 38.6 Å². The van der Waals surface area contributed by atoms with Crippen LogP contribution >= 0.6 is 0 Å². The molecule has 1 saturated heterocycles. The van der Waals surface area contributed by atoms with Crippen molar-refractivity contribution in [3.05, 3.63) is 167 Å². The molecule has 0 spiro atoms. The number of esters is 1. The molecule has 8 nitrogen and oxygen atoms in total. The first-order valence-corrected chi connectivity index (χ1v) is 16.6. The van der Waals surface area contributed by atoms with Gasteiger partial charge in [0.25, 0.3) is 0 Å². The summed E-state index contributed by atoms with van der Waals surface area (Å²) in [5, 5.41) is 0. The first kappa shape index (κ1) is 34.3. The number of carbonyl (C=O) groups is 1. The molecule has 0 aliphatic carbocycles. The maximum absolute atomic E-state index is 12.2. The maximum atomic E-state index is 12.2. The fraction of sp³-hybridized carbons (Fsp3) is 0.293. The molecule has 2 heterocycles. The van der Waals surface area contributed by atoms with Crippen LogP contribution in [0.25, 0.3) is 0 Å². The van der Waals surface area contributed by atoms with Crippen molar-refractivity contribution in [1.29, 1.82) is 0 Å². The molecular formula is C41H42O8. The molecule has 0 saturated carbocycles. The zero-order chi connectivity index (χ0) is 33.7. The van der Waals surface area contributed by atoms with Crippen LogP contribution < -0.4 is 0 Å². The molecule has 1 fully saturated rings. The Balaban J connectivity index is 1.32. The van der Waals surface area contributed by atoms with Gasteiger partial charge < -0.3 is 32.8 Å². The Kier molecular flexibility index (Phi) is 12.4. The molecule has 0 N–H and O–H groups in total. The summed E-state index contributed by atoms with van der Waals surface area (Å²) < 4.78 is 44.2. The van der Waals surface area contributed by atoms with Gasteiger partial charge in [-0.05, 0) is 34.4 Å². The van der Waals surface area contributed by atoms with Crippen LogP contribution in [-0.4, -0.2) is 50.2 Å². The van der Waals surface area contributed by atoms with Crippen LogP contribution in [-0.2, 0) is 61.3 Å². The summed E-state index contributed by atoms with van der Waals surface area (Å²) in [6.07, 6.45) is -2.37. The van der Waals surface area contributed by atoms with E-state index in [1.165, 1.54) is 7.11 Å². The van der Waals surface area contributed by atoms with Crippen molar-refractivity contribution < 1.29 is 37.6 Å². The van der Waals surface area contributed by atoms with Crippen LogP contribution in [0, 0.1) is 0 Å². The molecule has 0 radical (unpaired) electrons. The smallest absolute Gasteiger partial charge is 0.373 e. The average Bonchev–Trinajstić information content (AvgIpc) is 3.63. The van der Waals surface area contributed by atoms with Gasteiger partial charge in [-0.2, -0.15) is 0 Å². The third-order valence-electron chi connectivity index (χ3n) is 8.43. The largest absolute Gasteiger partial charge is 0.463 e. The first-order chi connectivity index (χ1) is 24.2. The number of benzene rings is 4. The Morgan fingerprint density at radius 1 is 0.551 bits per heavy atom. The van der Waals surface area contributed by atoms with Crippen molar-refractivity contribution in [3.8, 4) is 0 Å². The summed E-state index contributed by atoms with van der Waals surface area (Å²) in [7, 11) is 1.33. The van der Waals surface area contributed by atoms with Gasteiger partial charge in [0.05, 0.1) is 46.2 Å². The molecule has 1 aliphatic rings. The van der Waals surface area contributed by atoms with Gasteiger partial charge in [-0.25, -0.2) is 4.79 Å². The number of methoxy groups -OCH3 is 1. The second kappa shape index (κ2) is 17.7. The molecule has 8 heteroatoms. The van der Waals surface area contributed by atoms with Crippen molar-refractivity contribution in [2.75, 3.05) is 13.7 Å². The minimum absolute atomic E-state index is 0.124. The Labute approximate surface area is 287 Å². The molecule has 5 atom stereocenters. The summed E-state index contributed by atoms with van der Waals surface area (Å²) in [5.41, 5.74) is 4.13. The lowest BCUT2D eigenvalue weighted by Gasteiger charge is -2.46. The normalized spacial score (nSPS) is 20.6. The van der Waals surface area contributed by atoms with Crippen LogP contribution in [0.15, 0.2) is 138 Å². The van der Waals surface area contributed by atoms with Gasteiger partial charge in [0.2, 0.25) is 5.76 Å². The topological polar surface area (TPSA) is 85.6 Å². The average molecular weight is 663 g/mol. The number of hydrogen-bond donors (Lipinski definition) is 0. The second-order valence-electron chi connectivity index (χ2n) is 12.0. The highest BCUT2D eigenvalue weighted by Crippen LogP contribution is 2.33. The third kappa shape index (κ3) is 9.75. The molecule has 5 aromatic rings. The van der Waals surface area contributed by atoms with E-state index in [1.54, 1.807) is 12.1 Å². The minimum atomic E-state index is -0.568. The lowest BCUT2D eigenvalue weighted by atomic mass is 9.92. The van der Waals surface area contributed by atoms with Crippen molar-refractivity contribution in [2.45, 2.75) is 63.4 Å². The van der Waals surface area contributed by atoms with Crippen molar-refractivity contribution >= 4 is 5.97 Å². The molecule has 254 valence electrons. The van der Waals surface area contributed by atoms with E-state index in [9.17, 15) is 4.79 Å². The van der Waals surface area contributed by atoms with Gasteiger partial charge in [0.15, 0.2) is 0 Å². The van der Waals surface area contributed by atoms with Crippen LogP contribution in [0.1, 0.15) is 38.6 Å². The van der Waals surface area contributed by atoms with E-state index < -0.39 is 36.5 Å². The third-order valence-corrected chi connectivity index (χ3v) is 8.43. The van der Waals surface area contributed by atoms with Gasteiger partial charge in [-0.15, -0.1) is 0 Å². The Morgan fingerprint density at radius 3 is 1.49 bits per heavy atom. The highest BCUT2D eigenvalue weighted by atomic mass is 16.6. The quantitative estimate of drug-likeness (QED) is 0.101. The Bertz CT molecular complexity index is 1680. The summed E-state index contributed by atoms with van der Waals surface area (Å²) in [6.45, 7) is 1.71. The molecule has 0 unspecified atom stereocenters. The first-order valence-electron chi connectivity index (χ1n) is 16.6. The van der Waals surface area contributed by atoms with Gasteiger partial charge >= 0.3 is 5.97 Å². The lowest BCUT2D eigenvalue weighted by Crippen LogP contribution is -2.61. The number of carbonyl (C=O) groups excluding carboxylic acids is 1. The fourth-order valence-corrected chi connectivity index (χ4v) is 5.95. The van der Waals surface area contributed by atoms with E-state index in [4.69, 9.17) is 32.8 Å².